The Bertz CT molecular complexity index is 423. The molecule has 0 N–H and O–H groups in total. The molecule has 0 aliphatic carbocycles. The maximum absolute atomic E-state index is 11.6. The van der Waals surface area contributed by atoms with Gasteiger partial charge in [-0.3, -0.25) is 9.69 Å². The number of terminal acetylenes is 1. The molecule has 1 aliphatic heterocycles. The van der Waals surface area contributed by atoms with Gasteiger partial charge in [0.1, 0.15) is 4.60 Å². The van der Waals surface area contributed by atoms with E-state index in [9.17, 15) is 4.79 Å². The van der Waals surface area contributed by atoms with Gasteiger partial charge in [-0.15, -0.1) is 12.3 Å². The van der Waals surface area contributed by atoms with Gasteiger partial charge in [-0.2, -0.15) is 0 Å². The van der Waals surface area contributed by atoms with Crippen LogP contribution in [0.2, 0.25) is 0 Å². The fraction of sp³-hybridized carbons (Fsp3) is 0.300. The molecule has 0 radical (unpaired) electrons. The molecule has 1 atom stereocenters. The van der Waals surface area contributed by atoms with Gasteiger partial charge in [-0.25, -0.2) is 9.97 Å². The first-order valence-corrected chi connectivity index (χ1v) is 5.24. The van der Waals surface area contributed by atoms with Gasteiger partial charge < -0.3 is 0 Å². The second-order valence-corrected chi connectivity index (χ2v) is 4.08. The maximum Gasteiger partial charge on any atom is 0.229 e. The molecule has 1 aliphatic rings. The molecular weight excluding hydrogens is 258 g/mol. The van der Waals surface area contributed by atoms with Crippen molar-refractivity contribution in [2.75, 3.05) is 11.4 Å². The molecule has 1 aromatic rings. The lowest BCUT2D eigenvalue weighted by Gasteiger charge is -2.13. The van der Waals surface area contributed by atoms with Crippen LogP contribution in [0.5, 0.6) is 0 Å². The molecule has 15 heavy (non-hydrogen) atoms. The molecule has 1 fully saturated rings. The summed E-state index contributed by atoms with van der Waals surface area (Å²) >= 11 is 3.19. The van der Waals surface area contributed by atoms with Crippen molar-refractivity contribution in [3.05, 3.63) is 17.0 Å². The first-order valence-electron chi connectivity index (χ1n) is 4.44. The minimum absolute atomic E-state index is 0.00886. The van der Waals surface area contributed by atoms with Gasteiger partial charge in [0.05, 0.1) is 12.4 Å². The van der Waals surface area contributed by atoms with Crippen molar-refractivity contribution < 1.29 is 4.79 Å². The highest BCUT2D eigenvalue weighted by atomic mass is 79.9. The lowest BCUT2D eigenvalue weighted by atomic mass is 10.1. The van der Waals surface area contributed by atoms with Gasteiger partial charge in [-0.05, 0) is 15.9 Å². The molecule has 0 spiro atoms. The van der Waals surface area contributed by atoms with E-state index in [0.717, 1.165) is 0 Å². The molecule has 2 heterocycles. The third kappa shape index (κ3) is 2.00. The van der Waals surface area contributed by atoms with Crippen LogP contribution in [0.1, 0.15) is 6.42 Å². The highest BCUT2D eigenvalue weighted by Crippen LogP contribution is 2.22. The van der Waals surface area contributed by atoms with E-state index in [0.29, 0.717) is 23.4 Å². The Kier molecular flexibility index (Phi) is 2.69. The molecule has 2 rings (SSSR count). The number of carbonyl (C=O) groups excluding carboxylic acids is 1. The van der Waals surface area contributed by atoms with Gasteiger partial charge in [0.15, 0.2) is 5.82 Å². The van der Waals surface area contributed by atoms with Crippen molar-refractivity contribution in [3.63, 3.8) is 0 Å². The molecule has 4 nitrogen and oxygen atoms in total. The number of amides is 1. The fourth-order valence-corrected chi connectivity index (χ4v) is 1.69. The molecule has 0 aromatic carbocycles. The van der Waals surface area contributed by atoms with E-state index in [1.165, 1.54) is 0 Å². The van der Waals surface area contributed by atoms with Crippen molar-refractivity contribution in [2.24, 2.45) is 5.92 Å². The third-order valence-electron chi connectivity index (χ3n) is 2.24. The summed E-state index contributed by atoms with van der Waals surface area (Å²) in [6, 6.07) is 0. The van der Waals surface area contributed by atoms with Crippen LogP contribution in [0.3, 0.4) is 0 Å². The summed E-state index contributed by atoms with van der Waals surface area (Å²) in [5.41, 5.74) is 0. The van der Waals surface area contributed by atoms with Crippen molar-refractivity contribution in [2.45, 2.75) is 6.42 Å². The number of hydrogen-bond acceptors (Lipinski definition) is 3. The quantitative estimate of drug-likeness (QED) is 0.718. The molecule has 0 saturated carbocycles. The SMILES string of the molecule is C#CC1CC(=O)N(c2cnc(Br)cn2)C1. The summed E-state index contributed by atoms with van der Waals surface area (Å²) in [5, 5.41) is 0. The summed E-state index contributed by atoms with van der Waals surface area (Å²) in [7, 11) is 0. The number of aromatic nitrogens is 2. The zero-order valence-corrected chi connectivity index (χ0v) is 9.44. The Morgan fingerprint density at radius 2 is 2.33 bits per heavy atom. The Labute approximate surface area is 95.8 Å². The Morgan fingerprint density at radius 3 is 2.87 bits per heavy atom. The predicted octanol–water partition coefficient (Wildman–Crippen LogP) is 1.23. The van der Waals surface area contributed by atoms with Crippen LogP contribution in [0.25, 0.3) is 0 Å². The second kappa shape index (κ2) is 3.99. The molecule has 1 saturated heterocycles. The largest absolute Gasteiger partial charge is 0.294 e. The van der Waals surface area contributed by atoms with Crippen LogP contribution in [-0.2, 0) is 4.79 Å². The molecule has 0 bridgehead atoms. The van der Waals surface area contributed by atoms with Crippen LogP contribution in [0, 0.1) is 18.3 Å². The number of carbonyl (C=O) groups is 1. The molecule has 1 amide bonds. The maximum atomic E-state index is 11.6. The Morgan fingerprint density at radius 1 is 1.53 bits per heavy atom. The van der Waals surface area contributed by atoms with E-state index in [1.54, 1.807) is 17.3 Å². The van der Waals surface area contributed by atoms with Gasteiger partial charge in [-0.1, -0.05) is 0 Å². The summed E-state index contributed by atoms with van der Waals surface area (Å²) < 4.78 is 0.645. The van der Waals surface area contributed by atoms with E-state index in [2.05, 4.69) is 31.8 Å². The summed E-state index contributed by atoms with van der Waals surface area (Å²) in [6.45, 7) is 0.533. The normalized spacial score (nSPS) is 20.4. The van der Waals surface area contributed by atoms with E-state index in [4.69, 9.17) is 6.42 Å². The van der Waals surface area contributed by atoms with Crippen LogP contribution in [0.4, 0.5) is 5.82 Å². The standard InChI is InChI=1S/C10H8BrN3O/c1-2-7-3-10(15)14(6-7)9-5-12-8(11)4-13-9/h1,4-5,7H,3,6H2. The van der Waals surface area contributed by atoms with Crippen LogP contribution >= 0.6 is 15.9 Å². The zero-order chi connectivity index (χ0) is 10.8. The minimum Gasteiger partial charge on any atom is -0.294 e. The molecule has 1 aromatic heterocycles. The zero-order valence-electron chi connectivity index (χ0n) is 7.85. The number of halogens is 1. The van der Waals surface area contributed by atoms with Crippen molar-refractivity contribution in [3.8, 4) is 12.3 Å². The molecule has 1 unspecified atom stereocenters. The molecular formula is C10H8BrN3O. The van der Waals surface area contributed by atoms with Crippen LogP contribution < -0.4 is 4.90 Å². The number of anilines is 1. The number of hydrogen-bond donors (Lipinski definition) is 0. The van der Waals surface area contributed by atoms with Crippen LogP contribution in [-0.4, -0.2) is 22.4 Å². The third-order valence-corrected chi connectivity index (χ3v) is 2.65. The summed E-state index contributed by atoms with van der Waals surface area (Å²) in [4.78, 5) is 21.3. The van der Waals surface area contributed by atoms with Gasteiger partial charge >= 0.3 is 0 Å². The van der Waals surface area contributed by atoms with Crippen molar-refractivity contribution in [1.82, 2.24) is 9.97 Å². The van der Waals surface area contributed by atoms with E-state index in [1.807, 2.05) is 0 Å². The van der Waals surface area contributed by atoms with Crippen LogP contribution in [0.15, 0.2) is 17.0 Å². The number of nitrogens with zero attached hydrogens (tertiary/aromatic N) is 3. The number of rotatable bonds is 1. The van der Waals surface area contributed by atoms with Gasteiger partial charge in [0.25, 0.3) is 0 Å². The Balaban J connectivity index is 2.22. The topological polar surface area (TPSA) is 46.1 Å². The summed E-state index contributed by atoms with van der Waals surface area (Å²) in [5.74, 6) is 3.14. The van der Waals surface area contributed by atoms with E-state index in [-0.39, 0.29) is 11.8 Å². The fourth-order valence-electron chi connectivity index (χ4n) is 1.49. The van der Waals surface area contributed by atoms with Gasteiger partial charge in [0.2, 0.25) is 5.91 Å². The van der Waals surface area contributed by atoms with Crippen molar-refractivity contribution >= 4 is 27.7 Å². The highest BCUT2D eigenvalue weighted by Gasteiger charge is 2.30. The average Bonchev–Trinajstić information content (AvgIpc) is 2.61. The molecule has 76 valence electrons. The first kappa shape index (κ1) is 10.1. The summed E-state index contributed by atoms with van der Waals surface area (Å²) in [6.07, 6.45) is 8.80. The Hall–Kier alpha value is -1.41. The predicted molar refractivity (Wildman–Crippen MR) is 59.0 cm³/mol. The monoisotopic (exact) mass is 265 g/mol. The van der Waals surface area contributed by atoms with Gasteiger partial charge in [0, 0.05) is 18.9 Å². The average molecular weight is 266 g/mol. The van der Waals surface area contributed by atoms with E-state index >= 15 is 0 Å². The first-order chi connectivity index (χ1) is 7.20. The van der Waals surface area contributed by atoms with E-state index < -0.39 is 0 Å². The highest BCUT2D eigenvalue weighted by molar-refractivity contribution is 9.10. The lowest BCUT2D eigenvalue weighted by Crippen LogP contribution is -2.25. The lowest BCUT2D eigenvalue weighted by molar-refractivity contribution is -0.117. The minimum atomic E-state index is -0.0112. The molecule has 5 heteroatoms. The second-order valence-electron chi connectivity index (χ2n) is 3.27. The smallest absolute Gasteiger partial charge is 0.229 e. The van der Waals surface area contributed by atoms with Crippen molar-refractivity contribution in [1.29, 1.82) is 0 Å².